The first-order valence-electron chi connectivity index (χ1n) is 9.94. The van der Waals surface area contributed by atoms with Crippen molar-refractivity contribution in [2.45, 2.75) is 57.3 Å². The number of rotatable bonds is 4. The smallest absolute Gasteiger partial charge is 0.0969 e. The third-order valence-electron chi connectivity index (χ3n) is 6.12. The Morgan fingerprint density at radius 1 is 1.37 bits per heavy atom. The number of benzene rings is 1. The minimum atomic E-state index is -0.491. The van der Waals surface area contributed by atoms with E-state index in [1.54, 1.807) is 0 Å². The maximum atomic E-state index is 10.7. The monoisotopic (exact) mass is 405 g/mol. The molecular formula is C22H28ClNO2S. The number of halogens is 1. The molecule has 2 aliphatic heterocycles. The predicted molar refractivity (Wildman–Crippen MR) is 112 cm³/mol. The average Bonchev–Trinajstić information content (AvgIpc) is 3.10. The van der Waals surface area contributed by atoms with E-state index in [0.717, 1.165) is 44.4 Å². The van der Waals surface area contributed by atoms with Crippen molar-refractivity contribution in [2.24, 2.45) is 0 Å². The molecule has 1 N–H and O–H groups in total. The fourth-order valence-electron chi connectivity index (χ4n) is 4.56. The Balaban J connectivity index is 1.47. The first-order valence-corrected chi connectivity index (χ1v) is 11.1. The molecule has 1 fully saturated rings. The number of ether oxygens (including phenoxy) is 1. The number of β-amino-alcohol motifs (C(OH)–C–C–N with tert-alkyl or cyclic N) is 1. The van der Waals surface area contributed by atoms with Crippen molar-refractivity contribution in [1.29, 1.82) is 0 Å². The van der Waals surface area contributed by atoms with Crippen molar-refractivity contribution in [3.05, 3.63) is 56.2 Å². The Kier molecular flexibility index (Phi) is 5.64. The van der Waals surface area contributed by atoms with Crippen LogP contribution in [-0.2, 0) is 23.2 Å². The summed E-state index contributed by atoms with van der Waals surface area (Å²) in [7, 11) is 0. The van der Waals surface area contributed by atoms with E-state index >= 15 is 0 Å². The fourth-order valence-corrected chi connectivity index (χ4v) is 5.86. The van der Waals surface area contributed by atoms with Gasteiger partial charge in [0.05, 0.1) is 18.3 Å². The van der Waals surface area contributed by atoms with Crippen LogP contribution in [0.1, 0.15) is 53.7 Å². The van der Waals surface area contributed by atoms with Crippen molar-refractivity contribution in [2.75, 3.05) is 19.7 Å². The fraction of sp³-hybridized carbons (Fsp3) is 0.545. The second-order valence-corrected chi connectivity index (χ2v) is 9.52. The van der Waals surface area contributed by atoms with E-state index in [1.165, 1.54) is 15.3 Å². The molecule has 3 atom stereocenters. The number of piperidine rings is 1. The van der Waals surface area contributed by atoms with Gasteiger partial charge in [-0.1, -0.05) is 30.7 Å². The molecule has 4 rings (SSSR count). The molecule has 1 spiro atoms. The van der Waals surface area contributed by atoms with Gasteiger partial charge in [-0.05, 0) is 55.5 Å². The summed E-state index contributed by atoms with van der Waals surface area (Å²) in [5.74, 6) is 0. The standard InChI is InChI=1S/C22H28ClNO2S/c1-3-18-12-19-21(27-18)8-11-26-22(19)9-10-24(15(2)13-22)14-20(25)16-4-6-17(23)7-5-16/h4-7,12,15,20,25H,3,8-11,13-14H2,1-2H3/t15-,20?,22+/m0/s1. The Morgan fingerprint density at radius 2 is 2.15 bits per heavy atom. The van der Waals surface area contributed by atoms with Gasteiger partial charge in [-0.25, -0.2) is 0 Å². The average molecular weight is 406 g/mol. The zero-order chi connectivity index (χ0) is 19.0. The van der Waals surface area contributed by atoms with Gasteiger partial charge in [-0.15, -0.1) is 11.3 Å². The van der Waals surface area contributed by atoms with Crippen LogP contribution < -0.4 is 0 Å². The van der Waals surface area contributed by atoms with Crippen molar-refractivity contribution in [3.63, 3.8) is 0 Å². The maximum absolute atomic E-state index is 10.7. The Labute approximate surface area is 170 Å². The van der Waals surface area contributed by atoms with Gasteiger partial charge in [0.2, 0.25) is 0 Å². The summed E-state index contributed by atoms with van der Waals surface area (Å²) in [6.07, 6.45) is 3.65. The Hall–Kier alpha value is -0.910. The van der Waals surface area contributed by atoms with Crippen molar-refractivity contribution in [3.8, 4) is 0 Å². The maximum Gasteiger partial charge on any atom is 0.0969 e. The molecule has 3 heterocycles. The van der Waals surface area contributed by atoms with Crippen LogP contribution in [0.2, 0.25) is 5.02 Å². The van der Waals surface area contributed by atoms with E-state index in [9.17, 15) is 5.11 Å². The molecule has 0 radical (unpaired) electrons. The van der Waals surface area contributed by atoms with E-state index in [-0.39, 0.29) is 5.60 Å². The molecular weight excluding hydrogens is 378 g/mol. The molecule has 0 amide bonds. The third kappa shape index (κ3) is 3.83. The number of aryl methyl sites for hydroxylation is 1. The van der Waals surface area contributed by atoms with Crippen LogP contribution in [-0.4, -0.2) is 35.7 Å². The third-order valence-corrected chi connectivity index (χ3v) is 7.71. The molecule has 5 heteroatoms. The molecule has 0 saturated carbocycles. The molecule has 146 valence electrons. The minimum Gasteiger partial charge on any atom is -0.387 e. The first-order chi connectivity index (χ1) is 13.0. The largest absolute Gasteiger partial charge is 0.387 e. The molecule has 0 aliphatic carbocycles. The van der Waals surface area contributed by atoms with E-state index < -0.39 is 6.10 Å². The summed E-state index contributed by atoms with van der Waals surface area (Å²) in [4.78, 5) is 5.40. The van der Waals surface area contributed by atoms with Crippen molar-refractivity contribution < 1.29 is 9.84 Å². The number of hydrogen-bond acceptors (Lipinski definition) is 4. The van der Waals surface area contributed by atoms with Gasteiger partial charge in [0.25, 0.3) is 0 Å². The number of nitrogens with zero attached hydrogens (tertiary/aromatic N) is 1. The molecule has 2 aromatic rings. The minimum absolute atomic E-state index is 0.126. The number of thiophene rings is 1. The van der Waals surface area contributed by atoms with E-state index in [4.69, 9.17) is 16.3 Å². The highest BCUT2D eigenvalue weighted by atomic mass is 35.5. The highest BCUT2D eigenvalue weighted by Crippen LogP contribution is 2.46. The predicted octanol–water partition coefficient (Wildman–Crippen LogP) is 4.95. The van der Waals surface area contributed by atoms with Gasteiger partial charge in [0, 0.05) is 40.3 Å². The summed E-state index contributed by atoms with van der Waals surface area (Å²) in [5, 5.41) is 11.4. The van der Waals surface area contributed by atoms with Crippen LogP contribution in [0.5, 0.6) is 0 Å². The van der Waals surface area contributed by atoms with Gasteiger partial charge in [-0.3, -0.25) is 4.90 Å². The topological polar surface area (TPSA) is 32.7 Å². The van der Waals surface area contributed by atoms with Crippen LogP contribution in [0.3, 0.4) is 0 Å². The van der Waals surface area contributed by atoms with Crippen LogP contribution in [0.15, 0.2) is 30.3 Å². The molecule has 1 unspecified atom stereocenters. The number of likely N-dealkylation sites (tertiary alicyclic amines) is 1. The molecule has 3 nitrogen and oxygen atoms in total. The van der Waals surface area contributed by atoms with E-state index in [1.807, 2.05) is 35.6 Å². The second kappa shape index (κ2) is 7.84. The number of aliphatic hydroxyl groups excluding tert-OH is 1. The van der Waals surface area contributed by atoms with Crippen LogP contribution in [0.25, 0.3) is 0 Å². The van der Waals surface area contributed by atoms with Gasteiger partial charge in [0.15, 0.2) is 0 Å². The van der Waals surface area contributed by atoms with Crippen molar-refractivity contribution in [1.82, 2.24) is 4.90 Å². The van der Waals surface area contributed by atoms with Crippen molar-refractivity contribution >= 4 is 22.9 Å². The zero-order valence-electron chi connectivity index (χ0n) is 16.1. The summed E-state index contributed by atoms with van der Waals surface area (Å²) >= 11 is 7.93. The summed E-state index contributed by atoms with van der Waals surface area (Å²) in [6, 6.07) is 10.3. The summed E-state index contributed by atoms with van der Waals surface area (Å²) in [6.45, 7) is 6.92. The zero-order valence-corrected chi connectivity index (χ0v) is 17.7. The lowest BCUT2D eigenvalue weighted by molar-refractivity contribution is -0.114. The molecule has 2 aliphatic rings. The molecule has 27 heavy (non-hydrogen) atoms. The van der Waals surface area contributed by atoms with Crippen LogP contribution in [0.4, 0.5) is 0 Å². The van der Waals surface area contributed by atoms with Crippen LogP contribution in [0, 0.1) is 0 Å². The van der Waals surface area contributed by atoms with Gasteiger partial charge in [-0.2, -0.15) is 0 Å². The second-order valence-electron chi connectivity index (χ2n) is 7.86. The van der Waals surface area contributed by atoms with E-state index in [0.29, 0.717) is 17.6 Å². The van der Waals surface area contributed by atoms with Gasteiger partial charge >= 0.3 is 0 Å². The Morgan fingerprint density at radius 3 is 2.85 bits per heavy atom. The quantitative estimate of drug-likeness (QED) is 0.781. The Bertz CT molecular complexity index is 790. The first kappa shape index (κ1) is 19.4. The number of aliphatic hydroxyl groups is 1. The van der Waals surface area contributed by atoms with Crippen LogP contribution >= 0.6 is 22.9 Å². The summed E-state index contributed by atoms with van der Waals surface area (Å²) < 4.78 is 6.42. The van der Waals surface area contributed by atoms with Gasteiger partial charge < -0.3 is 9.84 Å². The summed E-state index contributed by atoms with van der Waals surface area (Å²) in [5.41, 5.74) is 2.24. The molecule has 1 aromatic heterocycles. The van der Waals surface area contributed by atoms with E-state index in [2.05, 4.69) is 24.8 Å². The highest BCUT2D eigenvalue weighted by molar-refractivity contribution is 7.12. The highest BCUT2D eigenvalue weighted by Gasteiger charge is 2.44. The SMILES string of the molecule is CCc1cc2c(s1)CCO[C@@]21CCN(CC(O)c2ccc(Cl)cc2)[C@@H](C)C1. The number of fused-ring (bicyclic) bond motifs is 2. The number of hydrogen-bond donors (Lipinski definition) is 1. The molecule has 0 bridgehead atoms. The lowest BCUT2D eigenvalue weighted by Gasteiger charge is -2.47. The molecule has 1 aromatic carbocycles. The normalized spacial score (nSPS) is 26.9. The lowest BCUT2D eigenvalue weighted by atomic mass is 9.79. The van der Waals surface area contributed by atoms with Gasteiger partial charge in [0.1, 0.15) is 0 Å². The molecule has 1 saturated heterocycles. The lowest BCUT2D eigenvalue weighted by Crippen LogP contribution is -2.51.